The molecule has 0 heterocycles. The summed E-state index contributed by atoms with van der Waals surface area (Å²) in [5.74, 6) is 0. The van der Waals surface area contributed by atoms with Gasteiger partial charge in [0.05, 0.1) is 0 Å². The molecule has 0 aromatic heterocycles. The molecule has 0 amide bonds. The maximum absolute atomic E-state index is 6.01. The van der Waals surface area contributed by atoms with E-state index in [1.807, 2.05) is 23.9 Å². The van der Waals surface area contributed by atoms with Gasteiger partial charge in [-0.15, -0.1) is 0 Å². The van der Waals surface area contributed by atoms with Crippen molar-refractivity contribution in [2.75, 3.05) is 6.26 Å². The topological polar surface area (TPSA) is 12.0 Å². The number of rotatable bonds is 4. The highest BCUT2D eigenvalue weighted by Crippen LogP contribution is 2.27. The van der Waals surface area contributed by atoms with E-state index in [4.69, 9.17) is 23.2 Å². The SMILES string of the molecule is CSC1CCCCC1NCc1cc(Cl)cc(Cl)c1. The van der Waals surface area contributed by atoms with Crippen LogP contribution >= 0.6 is 35.0 Å². The molecule has 1 saturated carbocycles. The fourth-order valence-electron chi connectivity index (χ4n) is 2.57. The van der Waals surface area contributed by atoms with E-state index in [-0.39, 0.29) is 0 Å². The highest BCUT2D eigenvalue weighted by Gasteiger charge is 2.23. The number of hydrogen-bond donors (Lipinski definition) is 1. The fraction of sp³-hybridized carbons (Fsp3) is 0.571. The van der Waals surface area contributed by atoms with Crippen molar-refractivity contribution >= 4 is 35.0 Å². The Labute approximate surface area is 124 Å². The Hall–Kier alpha value is 0.110. The summed E-state index contributed by atoms with van der Waals surface area (Å²) < 4.78 is 0. The van der Waals surface area contributed by atoms with Gasteiger partial charge in [0.2, 0.25) is 0 Å². The molecule has 0 saturated heterocycles. The minimum Gasteiger partial charge on any atom is -0.309 e. The zero-order chi connectivity index (χ0) is 13.0. The van der Waals surface area contributed by atoms with E-state index in [1.165, 1.54) is 25.7 Å². The van der Waals surface area contributed by atoms with E-state index in [1.54, 1.807) is 6.07 Å². The molecule has 1 N–H and O–H groups in total. The third kappa shape index (κ3) is 4.06. The van der Waals surface area contributed by atoms with Gasteiger partial charge in [0, 0.05) is 27.9 Å². The molecule has 2 atom stereocenters. The lowest BCUT2D eigenvalue weighted by Gasteiger charge is -2.31. The first kappa shape index (κ1) is 14.5. The predicted octanol–water partition coefficient (Wildman–Crippen LogP) is 4.76. The van der Waals surface area contributed by atoms with E-state index < -0.39 is 0 Å². The van der Waals surface area contributed by atoms with Crippen molar-refractivity contribution < 1.29 is 0 Å². The molecule has 1 aromatic rings. The Morgan fingerprint density at radius 3 is 2.50 bits per heavy atom. The van der Waals surface area contributed by atoms with Crippen LogP contribution in [0.2, 0.25) is 10.0 Å². The molecule has 2 unspecified atom stereocenters. The third-order valence-electron chi connectivity index (χ3n) is 3.50. The fourth-order valence-corrected chi connectivity index (χ4v) is 4.11. The molecule has 1 aliphatic rings. The van der Waals surface area contributed by atoms with Crippen LogP contribution in [0.5, 0.6) is 0 Å². The zero-order valence-electron chi connectivity index (χ0n) is 10.6. The van der Waals surface area contributed by atoms with Gasteiger partial charge in [-0.2, -0.15) is 11.8 Å². The summed E-state index contributed by atoms with van der Waals surface area (Å²) in [5, 5.41) is 5.82. The van der Waals surface area contributed by atoms with Crippen LogP contribution in [-0.4, -0.2) is 17.5 Å². The first-order valence-corrected chi connectivity index (χ1v) is 8.44. The van der Waals surface area contributed by atoms with Gasteiger partial charge in [-0.3, -0.25) is 0 Å². The van der Waals surface area contributed by atoms with Crippen LogP contribution in [0.4, 0.5) is 0 Å². The van der Waals surface area contributed by atoms with E-state index in [0.717, 1.165) is 17.4 Å². The Balaban J connectivity index is 1.93. The summed E-state index contributed by atoms with van der Waals surface area (Å²) in [6.45, 7) is 0.849. The molecule has 1 aliphatic carbocycles. The lowest BCUT2D eigenvalue weighted by molar-refractivity contribution is 0.383. The van der Waals surface area contributed by atoms with E-state index in [0.29, 0.717) is 16.1 Å². The lowest BCUT2D eigenvalue weighted by atomic mass is 9.94. The molecule has 1 fully saturated rings. The number of benzene rings is 1. The molecular weight excluding hydrogens is 285 g/mol. The summed E-state index contributed by atoms with van der Waals surface area (Å²) >= 11 is 14.0. The summed E-state index contributed by atoms with van der Waals surface area (Å²) in [5.41, 5.74) is 1.16. The first-order valence-electron chi connectivity index (χ1n) is 6.40. The van der Waals surface area contributed by atoms with E-state index >= 15 is 0 Å². The van der Waals surface area contributed by atoms with Gasteiger partial charge < -0.3 is 5.32 Å². The van der Waals surface area contributed by atoms with Crippen molar-refractivity contribution in [3.8, 4) is 0 Å². The Morgan fingerprint density at radius 1 is 1.17 bits per heavy atom. The molecule has 18 heavy (non-hydrogen) atoms. The van der Waals surface area contributed by atoms with Gasteiger partial charge in [-0.05, 0) is 42.9 Å². The molecule has 4 heteroatoms. The van der Waals surface area contributed by atoms with Crippen LogP contribution < -0.4 is 5.32 Å². The van der Waals surface area contributed by atoms with Crippen LogP contribution in [0, 0.1) is 0 Å². The molecule has 0 bridgehead atoms. The second kappa shape index (κ2) is 7.04. The van der Waals surface area contributed by atoms with Crippen LogP contribution in [0.25, 0.3) is 0 Å². The largest absolute Gasteiger partial charge is 0.309 e. The molecule has 0 spiro atoms. The highest BCUT2D eigenvalue weighted by molar-refractivity contribution is 7.99. The van der Waals surface area contributed by atoms with Crippen molar-refractivity contribution in [1.82, 2.24) is 5.32 Å². The van der Waals surface area contributed by atoms with Gasteiger partial charge in [0.15, 0.2) is 0 Å². The monoisotopic (exact) mass is 303 g/mol. The van der Waals surface area contributed by atoms with Gasteiger partial charge >= 0.3 is 0 Å². The van der Waals surface area contributed by atoms with Crippen LogP contribution in [0.1, 0.15) is 31.2 Å². The van der Waals surface area contributed by atoms with Gasteiger partial charge in [0.1, 0.15) is 0 Å². The minimum atomic E-state index is 0.617. The van der Waals surface area contributed by atoms with E-state index in [9.17, 15) is 0 Å². The highest BCUT2D eigenvalue weighted by atomic mass is 35.5. The molecule has 0 aliphatic heterocycles. The summed E-state index contributed by atoms with van der Waals surface area (Å²) in [6.07, 6.45) is 7.52. The molecule has 1 aromatic carbocycles. The number of nitrogens with one attached hydrogen (secondary N) is 1. The number of thioether (sulfide) groups is 1. The first-order chi connectivity index (χ1) is 8.69. The van der Waals surface area contributed by atoms with Crippen molar-refractivity contribution in [3.05, 3.63) is 33.8 Å². The average Bonchev–Trinajstić information content (AvgIpc) is 2.35. The predicted molar refractivity (Wildman–Crippen MR) is 82.9 cm³/mol. The van der Waals surface area contributed by atoms with Crippen LogP contribution in [0.3, 0.4) is 0 Å². The summed E-state index contributed by atoms with van der Waals surface area (Å²) in [6, 6.07) is 6.36. The normalized spacial score (nSPS) is 24.2. The van der Waals surface area contributed by atoms with Crippen molar-refractivity contribution in [2.45, 2.75) is 43.5 Å². The second-order valence-electron chi connectivity index (χ2n) is 4.82. The molecule has 2 rings (SSSR count). The molecule has 1 nitrogen and oxygen atoms in total. The number of hydrogen-bond acceptors (Lipinski definition) is 2. The Kier molecular flexibility index (Phi) is 5.68. The van der Waals surface area contributed by atoms with Gasteiger partial charge in [0.25, 0.3) is 0 Å². The molecular formula is C14H19Cl2NS. The van der Waals surface area contributed by atoms with E-state index in [2.05, 4.69) is 11.6 Å². The van der Waals surface area contributed by atoms with Crippen LogP contribution in [0.15, 0.2) is 18.2 Å². The standard InChI is InChI=1S/C14H19Cl2NS/c1-18-14-5-3-2-4-13(14)17-9-10-6-11(15)8-12(16)7-10/h6-8,13-14,17H,2-5,9H2,1H3. The third-order valence-corrected chi connectivity index (χ3v) is 5.10. The Bertz CT molecular complexity index is 377. The number of halogens is 2. The Morgan fingerprint density at radius 2 is 1.83 bits per heavy atom. The maximum Gasteiger partial charge on any atom is 0.0424 e. The molecule has 100 valence electrons. The summed E-state index contributed by atoms with van der Waals surface area (Å²) in [7, 11) is 0. The van der Waals surface area contributed by atoms with Crippen LogP contribution in [-0.2, 0) is 6.54 Å². The van der Waals surface area contributed by atoms with Gasteiger partial charge in [-0.1, -0.05) is 36.0 Å². The summed E-state index contributed by atoms with van der Waals surface area (Å²) in [4.78, 5) is 0. The zero-order valence-corrected chi connectivity index (χ0v) is 12.9. The van der Waals surface area contributed by atoms with Crippen molar-refractivity contribution in [3.63, 3.8) is 0 Å². The van der Waals surface area contributed by atoms with Crippen molar-refractivity contribution in [1.29, 1.82) is 0 Å². The second-order valence-corrected chi connectivity index (χ2v) is 6.77. The van der Waals surface area contributed by atoms with Crippen molar-refractivity contribution in [2.24, 2.45) is 0 Å². The minimum absolute atomic E-state index is 0.617. The quantitative estimate of drug-likeness (QED) is 0.861. The maximum atomic E-state index is 6.01. The van der Waals surface area contributed by atoms with Gasteiger partial charge in [-0.25, -0.2) is 0 Å². The average molecular weight is 304 g/mol. The lowest BCUT2D eigenvalue weighted by Crippen LogP contribution is -2.39. The molecule has 0 radical (unpaired) electrons. The smallest absolute Gasteiger partial charge is 0.0424 e.